The van der Waals surface area contributed by atoms with E-state index in [9.17, 15) is 19.7 Å². The van der Waals surface area contributed by atoms with Crippen LogP contribution in [-0.2, 0) is 4.79 Å². The van der Waals surface area contributed by atoms with E-state index in [1.165, 1.54) is 18.2 Å². The number of carbonyl (C=O) groups is 2. The number of nitro benzene ring substituents is 1. The highest BCUT2D eigenvalue weighted by atomic mass is 16.6. The molecular formula is C16H23N3O4. The van der Waals surface area contributed by atoms with Gasteiger partial charge in [0.25, 0.3) is 11.6 Å². The lowest BCUT2D eigenvalue weighted by Gasteiger charge is -2.18. The summed E-state index contributed by atoms with van der Waals surface area (Å²) >= 11 is 0. The van der Waals surface area contributed by atoms with Gasteiger partial charge in [0, 0.05) is 31.1 Å². The molecule has 7 heteroatoms. The second-order valence-corrected chi connectivity index (χ2v) is 5.12. The molecule has 0 fully saturated rings. The van der Waals surface area contributed by atoms with Crippen molar-refractivity contribution in [3.63, 3.8) is 0 Å². The number of hydrogen-bond donors (Lipinski definition) is 1. The maximum Gasteiger partial charge on any atom is 0.293 e. The van der Waals surface area contributed by atoms with Crippen molar-refractivity contribution in [2.45, 2.75) is 40.0 Å². The second-order valence-electron chi connectivity index (χ2n) is 5.12. The lowest BCUT2D eigenvalue weighted by atomic mass is 10.1. The van der Waals surface area contributed by atoms with E-state index < -0.39 is 4.92 Å². The molecule has 0 bridgehead atoms. The number of amides is 2. The molecule has 126 valence electrons. The first kappa shape index (κ1) is 18.6. The van der Waals surface area contributed by atoms with Gasteiger partial charge in [-0.25, -0.2) is 0 Å². The van der Waals surface area contributed by atoms with Crippen LogP contribution in [0.3, 0.4) is 0 Å². The maximum atomic E-state index is 12.3. The first-order chi connectivity index (χ1) is 10.9. The number of unbranched alkanes of at least 4 members (excludes halogenated alkanes) is 1. The molecule has 1 aromatic rings. The molecule has 1 rings (SSSR count). The number of nitro groups is 1. The zero-order chi connectivity index (χ0) is 17.4. The van der Waals surface area contributed by atoms with Crippen molar-refractivity contribution in [3.05, 3.63) is 33.9 Å². The summed E-state index contributed by atoms with van der Waals surface area (Å²) in [4.78, 5) is 36.3. The third kappa shape index (κ3) is 5.05. The van der Waals surface area contributed by atoms with Gasteiger partial charge in [-0.2, -0.15) is 0 Å². The van der Waals surface area contributed by atoms with Crippen LogP contribution < -0.4 is 5.32 Å². The van der Waals surface area contributed by atoms with E-state index in [2.05, 4.69) is 5.32 Å². The SMILES string of the molecule is CCCCC(=O)Nc1ccc(C(=O)N(CC)CC)cc1[N+](=O)[O-]. The molecule has 1 N–H and O–H groups in total. The minimum absolute atomic E-state index is 0.118. The standard InChI is InChI=1S/C16H23N3O4/c1-4-7-8-15(20)17-13-10-9-12(11-14(13)19(22)23)16(21)18(5-2)6-3/h9-11H,4-8H2,1-3H3,(H,17,20). The summed E-state index contributed by atoms with van der Waals surface area (Å²) in [5.41, 5.74) is 0.0898. The number of anilines is 1. The molecule has 0 saturated carbocycles. The fourth-order valence-corrected chi connectivity index (χ4v) is 2.16. The van der Waals surface area contributed by atoms with Crippen molar-refractivity contribution >= 4 is 23.2 Å². The molecule has 7 nitrogen and oxygen atoms in total. The number of benzene rings is 1. The molecule has 0 heterocycles. The lowest BCUT2D eigenvalue weighted by Crippen LogP contribution is -2.30. The van der Waals surface area contributed by atoms with Crippen LogP contribution in [0.2, 0.25) is 0 Å². The summed E-state index contributed by atoms with van der Waals surface area (Å²) in [5.74, 6) is -0.528. The Morgan fingerprint density at radius 3 is 2.39 bits per heavy atom. The highest BCUT2D eigenvalue weighted by Gasteiger charge is 2.21. The average molecular weight is 321 g/mol. The fraction of sp³-hybridized carbons (Fsp3) is 0.500. The van der Waals surface area contributed by atoms with E-state index in [-0.39, 0.29) is 28.8 Å². The molecule has 0 aromatic heterocycles. The second kappa shape index (κ2) is 8.87. The lowest BCUT2D eigenvalue weighted by molar-refractivity contribution is -0.384. The van der Waals surface area contributed by atoms with Crippen molar-refractivity contribution in [1.29, 1.82) is 0 Å². The Morgan fingerprint density at radius 1 is 1.22 bits per heavy atom. The maximum absolute atomic E-state index is 12.3. The van der Waals surface area contributed by atoms with Gasteiger partial charge in [0.15, 0.2) is 0 Å². The van der Waals surface area contributed by atoms with E-state index in [4.69, 9.17) is 0 Å². The summed E-state index contributed by atoms with van der Waals surface area (Å²) < 4.78 is 0. The number of hydrogen-bond acceptors (Lipinski definition) is 4. The summed E-state index contributed by atoms with van der Waals surface area (Å²) in [6.45, 7) is 6.71. The highest BCUT2D eigenvalue weighted by molar-refractivity contribution is 5.98. The van der Waals surface area contributed by atoms with Gasteiger partial charge in [-0.05, 0) is 32.4 Å². The van der Waals surface area contributed by atoms with Crippen molar-refractivity contribution in [2.24, 2.45) is 0 Å². The Morgan fingerprint density at radius 2 is 1.87 bits per heavy atom. The van der Waals surface area contributed by atoms with Crippen LogP contribution in [-0.4, -0.2) is 34.7 Å². The predicted molar refractivity (Wildman–Crippen MR) is 88.5 cm³/mol. The predicted octanol–water partition coefficient (Wildman–Crippen LogP) is 3.21. The van der Waals surface area contributed by atoms with Crippen LogP contribution in [0.15, 0.2) is 18.2 Å². The van der Waals surface area contributed by atoms with E-state index in [0.29, 0.717) is 19.5 Å². The fourth-order valence-electron chi connectivity index (χ4n) is 2.16. The zero-order valence-electron chi connectivity index (χ0n) is 13.8. The van der Waals surface area contributed by atoms with Crippen LogP contribution in [0, 0.1) is 10.1 Å². The number of nitrogens with one attached hydrogen (secondary N) is 1. The first-order valence-corrected chi connectivity index (χ1v) is 7.82. The summed E-state index contributed by atoms with van der Waals surface area (Å²) in [5, 5.41) is 13.8. The Hall–Kier alpha value is -2.44. The van der Waals surface area contributed by atoms with E-state index in [1.54, 1.807) is 4.90 Å². The molecule has 0 atom stereocenters. The van der Waals surface area contributed by atoms with E-state index in [1.807, 2.05) is 20.8 Å². The van der Waals surface area contributed by atoms with Gasteiger partial charge < -0.3 is 10.2 Å². The molecule has 0 aliphatic rings. The highest BCUT2D eigenvalue weighted by Crippen LogP contribution is 2.26. The summed E-state index contributed by atoms with van der Waals surface area (Å²) in [6.07, 6.45) is 1.90. The molecule has 0 saturated heterocycles. The summed E-state index contributed by atoms with van der Waals surface area (Å²) in [7, 11) is 0. The monoisotopic (exact) mass is 321 g/mol. The van der Waals surface area contributed by atoms with Gasteiger partial charge in [0.1, 0.15) is 5.69 Å². The third-order valence-corrected chi connectivity index (χ3v) is 3.52. The number of carbonyl (C=O) groups excluding carboxylic acids is 2. The smallest absolute Gasteiger partial charge is 0.293 e. The van der Waals surface area contributed by atoms with Crippen molar-refractivity contribution in [3.8, 4) is 0 Å². The van der Waals surface area contributed by atoms with E-state index >= 15 is 0 Å². The van der Waals surface area contributed by atoms with Crippen LogP contribution in [0.4, 0.5) is 11.4 Å². The molecule has 2 amide bonds. The van der Waals surface area contributed by atoms with Crippen LogP contribution in [0.1, 0.15) is 50.4 Å². The minimum Gasteiger partial charge on any atom is -0.339 e. The first-order valence-electron chi connectivity index (χ1n) is 7.82. The van der Waals surface area contributed by atoms with Crippen molar-refractivity contribution in [2.75, 3.05) is 18.4 Å². The van der Waals surface area contributed by atoms with Gasteiger partial charge in [-0.3, -0.25) is 19.7 Å². The van der Waals surface area contributed by atoms with Gasteiger partial charge >= 0.3 is 0 Å². The van der Waals surface area contributed by atoms with Crippen molar-refractivity contribution in [1.82, 2.24) is 4.90 Å². The molecular weight excluding hydrogens is 298 g/mol. The van der Waals surface area contributed by atoms with Gasteiger partial charge in [-0.15, -0.1) is 0 Å². The van der Waals surface area contributed by atoms with Gasteiger partial charge in [-0.1, -0.05) is 13.3 Å². The molecule has 23 heavy (non-hydrogen) atoms. The molecule has 1 aromatic carbocycles. The number of nitrogens with zero attached hydrogens (tertiary/aromatic N) is 2. The van der Waals surface area contributed by atoms with Crippen LogP contribution >= 0.6 is 0 Å². The molecule has 0 aliphatic carbocycles. The zero-order valence-corrected chi connectivity index (χ0v) is 13.8. The third-order valence-electron chi connectivity index (χ3n) is 3.52. The van der Waals surface area contributed by atoms with Gasteiger partial charge in [0.05, 0.1) is 4.92 Å². The van der Waals surface area contributed by atoms with Gasteiger partial charge in [0.2, 0.25) is 5.91 Å². The van der Waals surface area contributed by atoms with Crippen molar-refractivity contribution < 1.29 is 14.5 Å². The Kier molecular flexibility index (Phi) is 7.18. The van der Waals surface area contributed by atoms with Crippen LogP contribution in [0.5, 0.6) is 0 Å². The molecule has 0 radical (unpaired) electrons. The van der Waals surface area contributed by atoms with Crippen LogP contribution in [0.25, 0.3) is 0 Å². The average Bonchev–Trinajstić information content (AvgIpc) is 2.54. The minimum atomic E-state index is -0.589. The largest absolute Gasteiger partial charge is 0.339 e. The Labute approximate surface area is 135 Å². The Bertz CT molecular complexity index is 583. The molecule has 0 aliphatic heterocycles. The molecule has 0 unspecified atom stereocenters. The Balaban J connectivity index is 3.05. The van der Waals surface area contributed by atoms with E-state index in [0.717, 1.165) is 12.8 Å². The quantitative estimate of drug-likeness (QED) is 0.588. The topological polar surface area (TPSA) is 92.6 Å². The molecule has 0 spiro atoms. The number of rotatable bonds is 8. The normalized spacial score (nSPS) is 10.2. The summed E-state index contributed by atoms with van der Waals surface area (Å²) in [6, 6.07) is 4.14.